The minimum atomic E-state index is -0.951. The normalized spacial score (nSPS) is 16.3. The Morgan fingerprint density at radius 1 is 1.43 bits per heavy atom. The third kappa shape index (κ3) is 2.78. The molecule has 1 atom stereocenters. The second-order valence-corrected chi connectivity index (χ2v) is 5.45. The average Bonchev–Trinajstić information content (AvgIpc) is 2.89. The molecule has 1 N–H and O–H groups in total. The van der Waals surface area contributed by atoms with Crippen LogP contribution >= 0.6 is 11.8 Å². The summed E-state index contributed by atoms with van der Waals surface area (Å²) in [6.07, 6.45) is 1.63. The summed E-state index contributed by atoms with van der Waals surface area (Å²) >= 11 is 1.03. The summed E-state index contributed by atoms with van der Waals surface area (Å²) in [5, 5.41) is 9.18. The third-order valence-electron chi connectivity index (χ3n) is 3.14. The van der Waals surface area contributed by atoms with Gasteiger partial charge >= 0.3 is 5.97 Å². The summed E-state index contributed by atoms with van der Waals surface area (Å²) in [6, 6.07) is 8.91. The number of rotatable bonds is 4. The SMILES string of the molecule is O=C(O)CSc1nc(=O)ccn1C1COc2ccccc21. The Morgan fingerprint density at radius 2 is 2.24 bits per heavy atom. The summed E-state index contributed by atoms with van der Waals surface area (Å²) in [5.74, 6) is -0.297. The highest BCUT2D eigenvalue weighted by molar-refractivity contribution is 7.99. The van der Waals surface area contributed by atoms with Gasteiger partial charge in [0.25, 0.3) is 5.56 Å². The van der Waals surface area contributed by atoms with Gasteiger partial charge in [0.2, 0.25) is 0 Å². The zero-order valence-corrected chi connectivity index (χ0v) is 11.7. The van der Waals surface area contributed by atoms with Gasteiger partial charge in [-0.15, -0.1) is 0 Å². The van der Waals surface area contributed by atoms with Crippen LogP contribution in [-0.2, 0) is 4.79 Å². The fraction of sp³-hybridized carbons (Fsp3) is 0.214. The van der Waals surface area contributed by atoms with Crippen LogP contribution in [0.15, 0.2) is 46.5 Å². The van der Waals surface area contributed by atoms with E-state index in [1.807, 2.05) is 24.3 Å². The summed E-state index contributed by atoms with van der Waals surface area (Å²) in [7, 11) is 0. The number of hydrogen-bond acceptors (Lipinski definition) is 5. The molecule has 3 rings (SSSR count). The first-order chi connectivity index (χ1) is 10.1. The van der Waals surface area contributed by atoms with E-state index < -0.39 is 5.97 Å². The van der Waals surface area contributed by atoms with Crippen molar-refractivity contribution < 1.29 is 14.6 Å². The predicted molar refractivity (Wildman–Crippen MR) is 76.9 cm³/mol. The Kier molecular flexibility index (Phi) is 3.66. The number of aromatic nitrogens is 2. The number of para-hydroxylation sites is 1. The molecule has 1 aromatic heterocycles. The van der Waals surface area contributed by atoms with Crippen molar-refractivity contribution in [1.82, 2.24) is 9.55 Å². The van der Waals surface area contributed by atoms with Gasteiger partial charge < -0.3 is 14.4 Å². The molecule has 6 nitrogen and oxygen atoms in total. The van der Waals surface area contributed by atoms with Crippen LogP contribution < -0.4 is 10.3 Å². The van der Waals surface area contributed by atoms with Crippen molar-refractivity contribution in [3.05, 3.63) is 52.4 Å². The minimum absolute atomic E-state index is 0.106. The van der Waals surface area contributed by atoms with Crippen LogP contribution in [0, 0.1) is 0 Å². The van der Waals surface area contributed by atoms with E-state index in [9.17, 15) is 9.59 Å². The standard InChI is InChI=1S/C14H12N2O4S/c17-12-5-6-16(14(15-12)21-8-13(18)19)10-7-20-11-4-2-1-3-9(10)11/h1-6,10H,7-8H2,(H,18,19). The van der Waals surface area contributed by atoms with E-state index in [1.54, 1.807) is 10.8 Å². The first-order valence-electron chi connectivity index (χ1n) is 6.30. The molecule has 0 radical (unpaired) electrons. The molecule has 0 aliphatic carbocycles. The number of thioether (sulfide) groups is 1. The van der Waals surface area contributed by atoms with Crippen molar-refractivity contribution in [2.45, 2.75) is 11.2 Å². The van der Waals surface area contributed by atoms with Crippen LogP contribution in [0.25, 0.3) is 0 Å². The van der Waals surface area contributed by atoms with Gasteiger partial charge in [-0.3, -0.25) is 9.59 Å². The lowest BCUT2D eigenvalue weighted by Crippen LogP contribution is -2.20. The lowest BCUT2D eigenvalue weighted by atomic mass is 10.1. The van der Waals surface area contributed by atoms with E-state index in [0.29, 0.717) is 11.8 Å². The van der Waals surface area contributed by atoms with E-state index in [-0.39, 0.29) is 17.4 Å². The summed E-state index contributed by atoms with van der Waals surface area (Å²) in [4.78, 5) is 26.1. The Labute approximate surface area is 124 Å². The maximum Gasteiger partial charge on any atom is 0.313 e. The third-order valence-corrected chi connectivity index (χ3v) is 4.09. The molecular formula is C14H12N2O4S. The van der Waals surface area contributed by atoms with E-state index >= 15 is 0 Å². The van der Waals surface area contributed by atoms with Gasteiger partial charge in [0.1, 0.15) is 12.4 Å². The Balaban J connectivity index is 1.99. The van der Waals surface area contributed by atoms with E-state index in [1.165, 1.54) is 6.07 Å². The molecule has 1 unspecified atom stereocenters. The number of carboxylic acid groups (broad SMARTS) is 1. The van der Waals surface area contributed by atoms with Gasteiger partial charge in [-0.1, -0.05) is 30.0 Å². The maximum atomic E-state index is 11.4. The quantitative estimate of drug-likeness (QED) is 0.679. The molecule has 1 aliphatic heterocycles. The van der Waals surface area contributed by atoms with Crippen molar-refractivity contribution in [1.29, 1.82) is 0 Å². The molecule has 0 spiro atoms. The first kappa shape index (κ1) is 13.7. The van der Waals surface area contributed by atoms with Crippen molar-refractivity contribution >= 4 is 17.7 Å². The van der Waals surface area contributed by atoms with Crippen LogP contribution in [-0.4, -0.2) is 33.0 Å². The van der Waals surface area contributed by atoms with Gasteiger partial charge in [-0.25, -0.2) is 0 Å². The molecule has 7 heteroatoms. The fourth-order valence-electron chi connectivity index (χ4n) is 2.24. The molecule has 2 heterocycles. The van der Waals surface area contributed by atoms with Crippen molar-refractivity contribution in [2.75, 3.05) is 12.4 Å². The molecule has 1 aromatic carbocycles. The first-order valence-corrected chi connectivity index (χ1v) is 7.29. The average molecular weight is 304 g/mol. The largest absolute Gasteiger partial charge is 0.491 e. The van der Waals surface area contributed by atoms with Gasteiger partial charge in [0.05, 0.1) is 11.8 Å². The van der Waals surface area contributed by atoms with Crippen LogP contribution in [0.1, 0.15) is 11.6 Å². The number of nitrogens with zero attached hydrogens (tertiary/aromatic N) is 2. The zero-order chi connectivity index (χ0) is 14.8. The van der Waals surface area contributed by atoms with Crippen molar-refractivity contribution in [3.8, 4) is 5.75 Å². The number of hydrogen-bond donors (Lipinski definition) is 1. The maximum absolute atomic E-state index is 11.4. The van der Waals surface area contributed by atoms with Crippen LogP contribution in [0.3, 0.4) is 0 Å². The highest BCUT2D eigenvalue weighted by Gasteiger charge is 2.26. The molecule has 0 fully saturated rings. The van der Waals surface area contributed by atoms with E-state index in [4.69, 9.17) is 9.84 Å². The van der Waals surface area contributed by atoms with Crippen LogP contribution in [0.4, 0.5) is 0 Å². The van der Waals surface area contributed by atoms with Crippen LogP contribution in [0.2, 0.25) is 0 Å². The lowest BCUT2D eigenvalue weighted by molar-refractivity contribution is -0.133. The number of ether oxygens (including phenoxy) is 1. The second-order valence-electron chi connectivity index (χ2n) is 4.50. The number of carbonyl (C=O) groups is 1. The summed E-state index contributed by atoms with van der Waals surface area (Å²) in [5.41, 5.74) is 0.617. The minimum Gasteiger partial charge on any atom is -0.491 e. The van der Waals surface area contributed by atoms with Gasteiger partial charge in [-0.2, -0.15) is 4.98 Å². The number of fused-ring (bicyclic) bond motifs is 1. The van der Waals surface area contributed by atoms with Gasteiger partial charge in [0.15, 0.2) is 5.16 Å². The monoisotopic (exact) mass is 304 g/mol. The van der Waals surface area contributed by atoms with E-state index in [0.717, 1.165) is 23.1 Å². The Hall–Kier alpha value is -2.28. The smallest absolute Gasteiger partial charge is 0.313 e. The molecule has 0 amide bonds. The molecule has 0 saturated heterocycles. The second kappa shape index (κ2) is 5.61. The van der Waals surface area contributed by atoms with Crippen molar-refractivity contribution in [2.24, 2.45) is 0 Å². The number of benzene rings is 1. The summed E-state index contributed by atoms with van der Waals surface area (Å²) in [6.45, 7) is 0.435. The molecule has 1 aliphatic rings. The number of aliphatic carboxylic acids is 1. The van der Waals surface area contributed by atoms with Crippen LogP contribution in [0.5, 0.6) is 5.75 Å². The topological polar surface area (TPSA) is 81.4 Å². The molecular weight excluding hydrogens is 292 g/mol. The molecule has 2 aromatic rings. The van der Waals surface area contributed by atoms with Crippen molar-refractivity contribution in [3.63, 3.8) is 0 Å². The molecule has 0 bridgehead atoms. The zero-order valence-electron chi connectivity index (χ0n) is 10.9. The highest BCUT2D eigenvalue weighted by atomic mass is 32.2. The summed E-state index contributed by atoms with van der Waals surface area (Å²) < 4.78 is 7.42. The Morgan fingerprint density at radius 3 is 3.05 bits per heavy atom. The fourth-order valence-corrected chi connectivity index (χ4v) is 2.99. The Bertz CT molecular complexity index is 744. The highest BCUT2D eigenvalue weighted by Crippen LogP contribution is 2.35. The van der Waals surface area contributed by atoms with E-state index in [2.05, 4.69) is 4.98 Å². The van der Waals surface area contributed by atoms with Gasteiger partial charge in [-0.05, 0) is 6.07 Å². The molecule has 21 heavy (non-hydrogen) atoms. The molecule has 108 valence electrons. The van der Waals surface area contributed by atoms with Gasteiger partial charge in [0, 0.05) is 17.8 Å². The predicted octanol–water partition coefficient (Wildman–Crippen LogP) is 1.40. The molecule has 0 saturated carbocycles. The lowest BCUT2D eigenvalue weighted by Gasteiger charge is -2.17. The number of carboxylic acids is 1.